The number of nitrogens with one attached hydrogen (secondary N) is 1. The zero-order chi connectivity index (χ0) is 36.5. The van der Waals surface area contributed by atoms with Gasteiger partial charge in [-0.2, -0.15) is 0 Å². The highest BCUT2D eigenvalue weighted by Gasteiger charge is 2.28. The normalized spacial score (nSPS) is 15.3. The summed E-state index contributed by atoms with van der Waals surface area (Å²) in [6, 6.07) is -0.790. The molecule has 0 fully saturated rings. The number of phosphoric ester groups is 1. The minimum Gasteiger partial charge on any atom is -0.391 e. The molecular weight excluding hydrogens is 635 g/mol. The minimum absolute atomic E-state index is 0.0608. The number of aliphatic hydroxyl groups excluding tert-OH is 1. The zero-order valence-corrected chi connectivity index (χ0v) is 32.8. The van der Waals surface area contributed by atoms with Crippen LogP contribution < -0.4 is 5.32 Å². The highest BCUT2D eigenvalue weighted by molar-refractivity contribution is 7.47. The first kappa shape index (κ1) is 47.2. The molecule has 3 unspecified atom stereocenters. The summed E-state index contributed by atoms with van der Waals surface area (Å²) in [7, 11) is 1.56. The Kier molecular flexibility index (Phi) is 31.0. The van der Waals surface area contributed by atoms with Crippen molar-refractivity contribution in [3.05, 3.63) is 60.8 Å². The molecule has 3 atom stereocenters. The minimum atomic E-state index is -4.32. The number of nitrogens with zero attached hydrogens (tertiary/aromatic N) is 1. The number of aliphatic hydroxyl groups is 1. The lowest BCUT2D eigenvalue weighted by atomic mass is 10.0. The topological polar surface area (TPSA) is 105 Å². The fourth-order valence-corrected chi connectivity index (χ4v) is 5.70. The largest absolute Gasteiger partial charge is 0.472 e. The molecule has 0 radical (unpaired) electrons. The van der Waals surface area contributed by atoms with E-state index >= 15 is 0 Å². The van der Waals surface area contributed by atoms with Crippen LogP contribution >= 0.6 is 7.82 Å². The van der Waals surface area contributed by atoms with Gasteiger partial charge in [0.2, 0.25) is 5.91 Å². The van der Waals surface area contributed by atoms with Crippen LogP contribution in [0, 0.1) is 0 Å². The molecule has 8 nitrogen and oxygen atoms in total. The molecule has 0 aliphatic heterocycles. The Hall–Kier alpha value is -1.80. The Bertz CT molecular complexity index is 986. The van der Waals surface area contributed by atoms with Crippen molar-refractivity contribution in [3.8, 4) is 0 Å². The number of carbonyl (C=O) groups excluding carboxylic acids is 1. The summed E-state index contributed by atoms with van der Waals surface area (Å²) < 4.78 is 23.5. The van der Waals surface area contributed by atoms with E-state index in [-0.39, 0.29) is 19.1 Å². The number of hydrogen-bond acceptors (Lipinski definition) is 5. The standard InChI is InChI=1S/C40H73N2O6P/c1-6-8-10-12-14-16-18-19-20-21-22-23-24-26-28-30-32-34-40(44)41-38(37-48-49(45,46)47-36-35-42(3,4)5)39(43)33-31-29-27-25-17-15-13-11-9-7-2/h8,10,14,16,19-20,22-23,26,28,38-39,43H,6-7,9,11-13,15,17-18,21,24-25,27,29-37H2,1-5H3,(H-,41,44,45,46)/p+1/b10-8-,16-14-,20-19-,23-22-,28-26-. The number of rotatable bonds is 33. The molecule has 0 bridgehead atoms. The van der Waals surface area contributed by atoms with Crippen LogP contribution in [-0.2, 0) is 18.4 Å². The van der Waals surface area contributed by atoms with Gasteiger partial charge < -0.3 is 19.8 Å². The summed E-state index contributed by atoms with van der Waals surface area (Å²) in [6.07, 6.45) is 39.7. The van der Waals surface area contributed by atoms with Crippen LogP contribution in [0.5, 0.6) is 0 Å². The van der Waals surface area contributed by atoms with Crippen molar-refractivity contribution in [3.63, 3.8) is 0 Å². The van der Waals surface area contributed by atoms with Crippen molar-refractivity contribution in [2.45, 2.75) is 148 Å². The lowest BCUT2D eigenvalue weighted by Crippen LogP contribution is -2.46. The van der Waals surface area contributed by atoms with Gasteiger partial charge >= 0.3 is 7.82 Å². The molecule has 0 aliphatic carbocycles. The van der Waals surface area contributed by atoms with E-state index in [2.05, 4.69) is 79.9 Å². The van der Waals surface area contributed by atoms with Crippen molar-refractivity contribution < 1.29 is 32.9 Å². The Morgan fingerprint density at radius 1 is 0.714 bits per heavy atom. The number of quaternary nitrogens is 1. The molecule has 0 saturated heterocycles. The highest BCUT2D eigenvalue weighted by atomic mass is 31.2. The fourth-order valence-electron chi connectivity index (χ4n) is 4.96. The lowest BCUT2D eigenvalue weighted by Gasteiger charge is -2.26. The van der Waals surface area contributed by atoms with Crippen LogP contribution in [0.15, 0.2) is 60.8 Å². The van der Waals surface area contributed by atoms with Crippen molar-refractivity contribution in [2.75, 3.05) is 40.9 Å². The van der Waals surface area contributed by atoms with E-state index in [9.17, 15) is 19.4 Å². The molecule has 284 valence electrons. The number of phosphoric acid groups is 1. The van der Waals surface area contributed by atoms with Crippen molar-refractivity contribution in [2.24, 2.45) is 0 Å². The first-order valence-corrected chi connectivity index (χ1v) is 20.6. The van der Waals surface area contributed by atoms with Gasteiger partial charge in [0.1, 0.15) is 13.2 Å². The van der Waals surface area contributed by atoms with E-state index in [1.54, 1.807) is 0 Å². The molecule has 0 aromatic rings. The van der Waals surface area contributed by atoms with Gasteiger partial charge in [-0.3, -0.25) is 13.8 Å². The third-order valence-electron chi connectivity index (χ3n) is 8.03. The number of amides is 1. The monoisotopic (exact) mass is 710 g/mol. The Balaban J connectivity index is 4.57. The van der Waals surface area contributed by atoms with Gasteiger partial charge in [-0.05, 0) is 51.4 Å². The predicted molar refractivity (Wildman–Crippen MR) is 207 cm³/mol. The fraction of sp³-hybridized carbons (Fsp3) is 0.725. The van der Waals surface area contributed by atoms with E-state index in [4.69, 9.17) is 9.05 Å². The van der Waals surface area contributed by atoms with Gasteiger partial charge in [0.05, 0.1) is 39.9 Å². The van der Waals surface area contributed by atoms with Gasteiger partial charge in [-0.25, -0.2) is 4.57 Å². The van der Waals surface area contributed by atoms with E-state index in [0.717, 1.165) is 57.8 Å². The summed E-state index contributed by atoms with van der Waals surface area (Å²) >= 11 is 0. The Labute approximate surface area is 301 Å². The molecule has 0 aliphatic rings. The first-order chi connectivity index (χ1) is 23.5. The second kappa shape index (κ2) is 32.1. The molecule has 0 spiro atoms. The van der Waals surface area contributed by atoms with Crippen LogP contribution in [0.4, 0.5) is 0 Å². The third kappa shape index (κ3) is 34.4. The van der Waals surface area contributed by atoms with E-state index in [1.165, 1.54) is 44.9 Å². The van der Waals surface area contributed by atoms with E-state index in [0.29, 0.717) is 30.3 Å². The quantitative estimate of drug-likeness (QED) is 0.0271. The summed E-state index contributed by atoms with van der Waals surface area (Å²) in [4.78, 5) is 23.0. The van der Waals surface area contributed by atoms with E-state index < -0.39 is 20.0 Å². The van der Waals surface area contributed by atoms with Gasteiger partial charge in [0, 0.05) is 6.42 Å². The molecule has 49 heavy (non-hydrogen) atoms. The molecule has 0 aromatic heterocycles. The molecule has 0 aromatic carbocycles. The third-order valence-corrected chi connectivity index (χ3v) is 9.01. The molecule has 0 saturated carbocycles. The number of allylic oxidation sites excluding steroid dienone is 10. The maximum atomic E-state index is 12.8. The van der Waals surface area contributed by atoms with Crippen LogP contribution in [0.2, 0.25) is 0 Å². The predicted octanol–water partition coefficient (Wildman–Crippen LogP) is 9.90. The second-order valence-electron chi connectivity index (χ2n) is 13.9. The van der Waals surface area contributed by atoms with Crippen molar-refractivity contribution >= 4 is 13.7 Å². The molecule has 0 heterocycles. The molecule has 1 amide bonds. The summed E-state index contributed by atoms with van der Waals surface area (Å²) in [6.45, 7) is 4.67. The molecular formula is C40H74N2O6P+. The number of carbonyl (C=O) groups is 1. The number of hydrogen-bond donors (Lipinski definition) is 3. The number of unbranched alkanes of at least 4 members (excludes halogenated alkanes) is 10. The highest BCUT2D eigenvalue weighted by Crippen LogP contribution is 2.43. The average molecular weight is 710 g/mol. The van der Waals surface area contributed by atoms with E-state index in [1.807, 2.05) is 21.1 Å². The smallest absolute Gasteiger partial charge is 0.391 e. The lowest BCUT2D eigenvalue weighted by molar-refractivity contribution is -0.870. The van der Waals surface area contributed by atoms with Crippen LogP contribution in [0.3, 0.4) is 0 Å². The second-order valence-corrected chi connectivity index (χ2v) is 15.4. The van der Waals surface area contributed by atoms with Crippen molar-refractivity contribution in [1.82, 2.24) is 5.32 Å². The SMILES string of the molecule is CC/C=C\C/C=C\C/C=C\C/C=C\C/C=C\CCCC(=O)NC(COP(=O)(O)OCC[N+](C)(C)C)C(O)CCCCCCCCCCCC. The van der Waals surface area contributed by atoms with Crippen LogP contribution in [0.1, 0.15) is 136 Å². The first-order valence-electron chi connectivity index (χ1n) is 19.2. The Morgan fingerprint density at radius 3 is 1.71 bits per heavy atom. The average Bonchev–Trinajstić information content (AvgIpc) is 3.04. The van der Waals surface area contributed by atoms with Gasteiger partial charge in [-0.1, -0.05) is 139 Å². The number of likely N-dealkylation sites (N-methyl/N-ethyl adjacent to an activating group) is 1. The molecule has 0 rings (SSSR count). The maximum Gasteiger partial charge on any atom is 0.472 e. The summed E-state index contributed by atoms with van der Waals surface area (Å²) in [5.74, 6) is -0.207. The van der Waals surface area contributed by atoms with Crippen LogP contribution in [0.25, 0.3) is 0 Å². The Morgan fingerprint density at radius 2 is 1.20 bits per heavy atom. The van der Waals surface area contributed by atoms with Crippen LogP contribution in [-0.4, -0.2) is 73.4 Å². The summed E-state index contributed by atoms with van der Waals surface area (Å²) in [5, 5.41) is 13.8. The van der Waals surface area contributed by atoms with Gasteiger partial charge in [-0.15, -0.1) is 0 Å². The maximum absolute atomic E-state index is 12.8. The summed E-state index contributed by atoms with van der Waals surface area (Å²) in [5.41, 5.74) is 0. The van der Waals surface area contributed by atoms with Gasteiger partial charge in [0.15, 0.2) is 0 Å². The van der Waals surface area contributed by atoms with Gasteiger partial charge in [0.25, 0.3) is 0 Å². The molecule has 9 heteroatoms. The molecule has 3 N–H and O–H groups in total. The van der Waals surface area contributed by atoms with Crippen molar-refractivity contribution in [1.29, 1.82) is 0 Å². The zero-order valence-electron chi connectivity index (χ0n) is 31.9.